The number of hydrogen-bond donors (Lipinski definition) is 1. The predicted molar refractivity (Wildman–Crippen MR) is 68.2 cm³/mol. The molecule has 0 aliphatic heterocycles. The van der Waals surface area contributed by atoms with E-state index in [2.05, 4.69) is 35.3 Å². The highest BCUT2D eigenvalue weighted by atomic mass is 15.3. The summed E-state index contributed by atoms with van der Waals surface area (Å²) in [4.78, 5) is 4.23. The van der Waals surface area contributed by atoms with Gasteiger partial charge in [-0.25, -0.2) is 4.98 Å². The van der Waals surface area contributed by atoms with Gasteiger partial charge in [-0.2, -0.15) is 9.61 Å². The van der Waals surface area contributed by atoms with Crippen molar-refractivity contribution >= 4 is 11.5 Å². The zero-order valence-electron chi connectivity index (χ0n) is 10.4. The molecule has 17 heavy (non-hydrogen) atoms. The van der Waals surface area contributed by atoms with Crippen LogP contribution in [0.15, 0.2) is 18.5 Å². The fourth-order valence-electron chi connectivity index (χ4n) is 2.29. The molecule has 0 radical (unpaired) electrons. The number of nitrogens with zero attached hydrogens (tertiary/aromatic N) is 3. The second-order valence-corrected chi connectivity index (χ2v) is 5.16. The smallest absolute Gasteiger partial charge is 0.157 e. The van der Waals surface area contributed by atoms with Crippen molar-refractivity contribution in [3.8, 4) is 0 Å². The molecule has 4 heteroatoms. The Kier molecular flexibility index (Phi) is 2.31. The Bertz CT molecular complexity index is 539. The van der Waals surface area contributed by atoms with Gasteiger partial charge in [-0.05, 0) is 49.3 Å². The maximum Gasteiger partial charge on any atom is 0.157 e. The number of hydrogen-bond acceptors (Lipinski definition) is 3. The fourth-order valence-corrected chi connectivity index (χ4v) is 2.29. The first-order valence-corrected chi connectivity index (χ1v) is 6.27. The van der Waals surface area contributed by atoms with Crippen LogP contribution in [-0.2, 0) is 0 Å². The topological polar surface area (TPSA) is 42.2 Å². The highest BCUT2D eigenvalue weighted by Crippen LogP contribution is 2.48. The molecule has 0 amide bonds. The Balaban J connectivity index is 1.86. The van der Waals surface area contributed by atoms with Crippen LogP contribution in [0.1, 0.15) is 31.7 Å². The number of aryl methyl sites for hydroxylation is 1. The van der Waals surface area contributed by atoms with Gasteiger partial charge < -0.3 is 5.32 Å². The summed E-state index contributed by atoms with van der Waals surface area (Å²) in [5.74, 6) is 1.05. The molecule has 1 fully saturated rings. The van der Waals surface area contributed by atoms with E-state index in [-0.39, 0.29) is 0 Å². The van der Waals surface area contributed by atoms with Crippen molar-refractivity contribution in [2.45, 2.75) is 33.1 Å². The molecule has 2 heterocycles. The number of pyridine rings is 1. The monoisotopic (exact) mass is 230 g/mol. The van der Waals surface area contributed by atoms with Crippen LogP contribution in [0.2, 0.25) is 0 Å². The lowest BCUT2D eigenvalue weighted by Crippen LogP contribution is -2.16. The summed E-state index contributed by atoms with van der Waals surface area (Å²) in [5, 5.41) is 7.78. The molecule has 1 N–H and O–H groups in total. The Labute approximate surface area is 101 Å². The van der Waals surface area contributed by atoms with E-state index in [0.29, 0.717) is 5.41 Å². The number of nitrogens with one attached hydrogen (secondary N) is 1. The van der Waals surface area contributed by atoms with Crippen molar-refractivity contribution in [2.24, 2.45) is 5.41 Å². The van der Waals surface area contributed by atoms with Crippen molar-refractivity contribution in [3.05, 3.63) is 24.0 Å². The summed E-state index contributed by atoms with van der Waals surface area (Å²) in [6.07, 6.45) is 5.56. The second kappa shape index (κ2) is 3.72. The van der Waals surface area contributed by atoms with Crippen molar-refractivity contribution in [2.75, 3.05) is 11.9 Å². The normalized spacial score (nSPS) is 17.3. The van der Waals surface area contributed by atoms with E-state index in [1.54, 1.807) is 6.33 Å². The third-order valence-electron chi connectivity index (χ3n) is 3.88. The van der Waals surface area contributed by atoms with Gasteiger partial charge in [0.1, 0.15) is 12.1 Å². The van der Waals surface area contributed by atoms with E-state index in [0.717, 1.165) is 18.0 Å². The van der Waals surface area contributed by atoms with Gasteiger partial charge in [0.15, 0.2) is 5.65 Å². The third kappa shape index (κ3) is 1.88. The maximum atomic E-state index is 4.25. The molecule has 2 aromatic rings. The third-order valence-corrected chi connectivity index (χ3v) is 3.88. The molecule has 1 aliphatic rings. The summed E-state index contributed by atoms with van der Waals surface area (Å²) < 4.78 is 1.87. The molecule has 0 unspecified atom stereocenters. The number of aromatic nitrogens is 3. The molecule has 1 saturated carbocycles. The minimum absolute atomic E-state index is 0.538. The van der Waals surface area contributed by atoms with Gasteiger partial charge in [0.25, 0.3) is 0 Å². The molecule has 0 aromatic carbocycles. The van der Waals surface area contributed by atoms with Gasteiger partial charge in [-0.1, -0.05) is 6.92 Å². The molecule has 90 valence electrons. The Morgan fingerprint density at radius 1 is 1.41 bits per heavy atom. The minimum Gasteiger partial charge on any atom is -0.369 e. The van der Waals surface area contributed by atoms with E-state index >= 15 is 0 Å². The lowest BCUT2D eigenvalue weighted by atomic mass is 10.0. The van der Waals surface area contributed by atoms with E-state index < -0.39 is 0 Å². The average molecular weight is 230 g/mol. The summed E-state index contributed by atoms with van der Waals surface area (Å²) in [6, 6.07) is 4.18. The van der Waals surface area contributed by atoms with Gasteiger partial charge in [-0.15, -0.1) is 0 Å². The van der Waals surface area contributed by atoms with Crippen molar-refractivity contribution in [1.82, 2.24) is 14.6 Å². The lowest BCUT2D eigenvalue weighted by Gasteiger charge is -2.15. The number of fused-ring (bicyclic) bond motifs is 1. The molecule has 0 saturated heterocycles. The predicted octanol–water partition coefficient (Wildman–Crippen LogP) is 2.64. The molecule has 0 spiro atoms. The fraction of sp³-hybridized carbons (Fsp3) is 0.538. The minimum atomic E-state index is 0.538. The van der Waals surface area contributed by atoms with Crippen LogP contribution in [0.3, 0.4) is 0 Å². The number of anilines is 1. The van der Waals surface area contributed by atoms with Gasteiger partial charge >= 0.3 is 0 Å². The van der Waals surface area contributed by atoms with Crippen LogP contribution in [0.5, 0.6) is 0 Å². The van der Waals surface area contributed by atoms with Crippen LogP contribution >= 0.6 is 0 Å². The lowest BCUT2D eigenvalue weighted by molar-refractivity contribution is 0.520. The first-order chi connectivity index (χ1) is 8.22. The van der Waals surface area contributed by atoms with E-state index in [1.807, 2.05) is 10.6 Å². The Morgan fingerprint density at radius 2 is 2.24 bits per heavy atom. The second-order valence-electron chi connectivity index (χ2n) is 5.16. The van der Waals surface area contributed by atoms with Crippen molar-refractivity contribution in [1.29, 1.82) is 0 Å². The average Bonchev–Trinajstić information content (AvgIpc) is 2.96. The Morgan fingerprint density at radius 3 is 2.94 bits per heavy atom. The van der Waals surface area contributed by atoms with Crippen molar-refractivity contribution < 1.29 is 0 Å². The molecule has 1 aliphatic carbocycles. The largest absolute Gasteiger partial charge is 0.369 e. The number of rotatable bonds is 4. The first kappa shape index (κ1) is 10.6. The quantitative estimate of drug-likeness (QED) is 0.878. The highest BCUT2D eigenvalue weighted by Gasteiger charge is 2.40. The van der Waals surface area contributed by atoms with Crippen LogP contribution < -0.4 is 5.32 Å². The molecular formula is C13H18N4. The molecule has 3 rings (SSSR count). The van der Waals surface area contributed by atoms with Crippen LogP contribution in [-0.4, -0.2) is 21.1 Å². The van der Waals surface area contributed by atoms with Gasteiger partial charge in [0.2, 0.25) is 0 Å². The molecule has 2 aromatic heterocycles. The van der Waals surface area contributed by atoms with Gasteiger partial charge in [0.05, 0.1) is 0 Å². The standard InChI is InChI=1S/C13H18N4/c1-3-13(4-5-13)8-14-11-6-10(2)7-12-15-9-16-17(11)12/h6-7,9,14H,3-5,8H2,1-2H3. The summed E-state index contributed by atoms with van der Waals surface area (Å²) >= 11 is 0. The van der Waals surface area contributed by atoms with Crippen LogP contribution in [0.4, 0.5) is 5.82 Å². The highest BCUT2D eigenvalue weighted by molar-refractivity contribution is 5.51. The van der Waals surface area contributed by atoms with E-state index in [4.69, 9.17) is 0 Å². The van der Waals surface area contributed by atoms with Gasteiger partial charge in [0, 0.05) is 6.54 Å². The molecule has 0 atom stereocenters. The molecule has 4 nitrogen and oxygen atoms in total. The zero-order chi connectivity index (χ0) is 11.9. The zero-order valence-corrected chi connectivity index (χ0v) is 10.4. The molecular weight excluding hydrogens is 212 g/mol. The van der Waals surface area contributed by atoms with E-state index in [1.165, 1.54) is 24.8 Å². The molecule has 0 bridgehead atoms. The summed E-state index contributed by atoms with van der Waals surface area (Å²) in [5.41, 5.74) is 2.67. The van der Waals surface area contributed by atoms with Crippen LogP contribution in [0.25, 0.3) is 5.65 Å². The van der Waals surface area contributed by atoms with Crippen molar-refractivity contribution in [3.63, 3.8) is 0 Å². The maximum absolute atomic E-state index is 4.25. The first-order valence-electron chi connectivity index (χ1n) is 6.27. The van der Waals surface area contributed by atoms with E-state index in [9.17, 15) is 0 Å². The van der Waals surface area contributed by atoms with Gasteiger partial charge in [-0.3, -0.25) is 0 Å². The van der Waals surface area contributed by atoms with Crippen LogP contribution in [0, 0.1) is 12.3 Å². The Hall–Kier alpha value is -1.58. The SMILES string of the molecule is CCC1(CNc2cc(C)cc3ncnn23)CC1. The summed E-state index contributed by atoms with van der Waals surface area (Å²) in [7, 11) is 0. The summed E-state index contributed by atoms with van der Waals surface area (Å²) in [6.45, 7) is 5.41.